The van der Waals surface area contributed by atoms with Crippen LogP contribution >= 0.6 is 0 Å². The molecule has 1 heterocycles. The maximum atomic E-state index is 9.83. The normalized spacial score (nSPS) is 18.8. The molecular formula is C13H23N3O2. The van der Waals surface area contributed by atoms with Crippen LogP contribution in [0, 0.1) is 0 Å². The van der Waals surface area contributed by atoms with E-state index >= 15 is 0 Å². The Labute approximate surface area is 108 Å². The monoisotopic (exact) mass is 253 g/mol. The summed E-state index contributed by atoms with van der Waals surface area (Å²) < 4.78 is 7.45. The first-order valence-electron chi connectivity index (χ1n) is 6.77. The van der Waals surface area contributed by atoms with Gasteiger partial charge < -0.3 is 15.2 Å². The molecule has 0 bridgehead atoms. The van der Waals surface area contributed by atoms with Gasteiger partial charge in [-0.15, -0.1) is 0 Å². The Hall–Kier alpha value is -1.07. The van der Waals surface area contributed by atoms with Crippen LogP contribution in [0.5, 0.6) is 0 Å². The molecule has 1 atom stereocenters. The highest BCUT2D eigenvalue weighted by atomic mass is 16.5. The fourth-order valence-corrected chi connectivity index (χ4v) is 2.27. The average Bonchev–Trinajstić information content (AvgIpc) is 2.81. The van der Waals surface area contributed by atoms with Crippen LogP contribution in [0.1, 0.15) is 32.1 Å². The van der Waals surface area contributed by atoms with Gasteiger partial charge in [0.15, 0.2) is 0 Å². The second-order valence-electron chi connectivity index (χ2n) is 5.00. The minimum atomic E-state index is -0.478. The zero-order chi connectivity index (χ0) is 12.8. The van der Waals surface area contributed by atoms with Gasteiger partial charge in [0.05, 0.1) is 18.8 Å². The highest BCUT2D eigenvalue weighted by Crippen LogP contribution is 2.20. The van der Waals surface area contributed by atoms with Crippen LogP contribution in [0.25, 0.3) is 0 Å². The van der Waals surface area contributed by atoms with Crippen molar-refractivity contribution in [2.24, 2.45) is 7.05 Å². The van der Waals surface area contributed by atoms with E-state index in [1.807, 2.05) is 19.3 Å². The minimum Gasteiger partial charge on any atom is -0.389 e. The van der Waals surface area contributed by atoms with Gasteiger partial charge in [0.1, 0.15) is 5.82 Å². The van der Waals surface area contributed by atoms with Gasteiger partial charge in [0.2, 0.25) is 0 Å². The Morgan fingerprint density at radius 3 is 2.94 bits per heavy atom. The molecule has 1 fully saturated rings. The lowest BCUT2D eigenvalue weighted by Gasteiger charge is -2.23. The maximum absolute atomic E-state index is 9.83. The first-order chi connectivity index (χ1) is 8.74. The molecule has 1 aromatic heterocycles. The molecule has 18 heavy (non-hydrogen) atoms. The van der Waals surface area contributed by atoms with E-state index in [0.717, 1.165) is 18.7 Å². The van der Waals surface area contributed by atoms with Gasteiger partial charge in [-0.2, -0.15) is 5.10 Å². The van der Waals surface area contributed by atoms with Crippen molar-refractivity contribution in [3.8, 4) is 0 Å². The van der Waals surface area contributed by atoms with Gasteiger partial charge in [0, 0.05) is 25.9 Å². The minimum absolute atomic E-state index is 0.350. The molecule has 5 nitrogen and oxygen atoms in total. The summed E-state index contributed by atoms with van der Waals surface area (Å²) in [4.78, 5) is 0. The quantitative estimate of drug-likeness (QED) is 0.807. The van der Waals surface area contributed by atoms with Gasteiger partial charge in [-0.3, -0.25) is 4.68 Å². The Balaban J connectivity index is 1.61. The number of anilines is 1. The molecule has 0 aromatic carbocycles. The van der Waals surface area contributed by atoms with E-state index in [9.17, 15) is 5.11 Å². The molecule has 1 aliphatic rings. The number of hydrogen-bond acceptors (Lipinski definition) is 4. The molecule has 1 saturated carbocycles. The Morgan fingerprint density at radius 1 is 1.50 bits per heavy atom. The zero-order valence-corrected chi connectivity index (χ0v) is 11.0. The van der Waals surface area contributed by atoms with Crippen LogP contribution in [0.4, 0.5) is 5.82 Å². The predicted molar refractivity (Wildman–Crippen MR) is 70.5 cm³/mol. The summed E-state index contributed by atoms with van der Waals surface area (Å²) >= 11 is 0. The third-order valence-corrected chi connectivity index (χ3v) is 3.31. The highest BCUT2D eigenvalue weighted by Gasteiger charge is 2.15. The molecule has 102 valence electrons. The van der Waals surface area contributed by atoms with Crippen molar-refractivity contribution < 1.29 is 9.84 Å². The van der Waals surface area contributed by atoms with Crippen molar-refractivity contribution in [2.45, 2.75) is 44.3 Å². The van der Waals surface area contributed by atoms with Crippen molar-refractivity contribution >= 4 is 5.82 Å². The molecule has 0 radical (unpaired) electrons. The topological polar surface area (TPSA) is 59.3 Å². The SMILES string of the molecule is Cn1ccc(NCC(O)COC2CCCCC2)n1. The second-order valence-corrected chi connectivity index (χ2v) is 5.00. The molecule has 1 aromatic rings. The second kappa shape index (κ2) is 6.75. The van der Waals surface area contributed by atoms with E-state index in [0.29, 0.717) is 19.3 Å². The average molecular weight is 253 g/mol. The van der Waals surface area contributed by atoms with Crippen LogP contribution in [0.2, 0.25) is 0 Å². The third kappa shape index (κ3) is 4.31. The van der Waals surface area contributed by atoms with Crippen molar-refractivity contribution in [1.82, 2.24) is 9.78 Å². The molecule has 0 spiro atoms. The summed E-state index contributed by atoms with van der Waals surface area (Å²) in [5.74, 6) is 0.786. The van der Waals surface area contributed by atoms with E-state index in [1.54, 1.807) is 4.68 Å². The van der Waals surface area contributed by atoms with Gasteiger partial charge in [-0.1, -0.05) is 19.3 Å². The molecule has 5 heteroatoms. The summed E-state index contributed by atoms with van der Waals surface area (Å²) in [5.41, 5.74) is 0. The number of aryl methyl sites for hydroxylation is 1. The van der Waals surface area contributed by atoms with Crippen molar-refractivity contribution in [3.05, 3.63) is 12.3 Å². The van der Waals surface area contributed by atoms with Gasteiger partial charge in [-0.25, -0.2) is 0 Å². The number of ether oxygens (including phenoxy) is 1. The molecule has 1 unspecified atom stereocenters. The van der Waals surface area contributed by atoms with E-state index in [-0.39, 0.29) is 0 Å². The summed E-state index contributed by atoms with van der Waals surface area (Å²) in [5, 5.41) is 17.1. The standard InChI is InChI=1S/C13H23N3O2/c1-16-8-7-13(15-16)14-9-11(17)10-18-12-5-3-2-4-6-12/h7-8,11-12,17H,2-6,9-10H2,1H3,(H,14,15). The number of aliphatic hydroxyl groups excluding tert-OH is 1. The first kappa shape index (κ1) is 13.4. The lowest BCUT2D eigenvalue weighted by atomic mass is 9.98. The molecule has 1 aliphatic carbocycles. The zero-order valence-electron chi connectivity index (χ0n) is 11.0. The van der Waals surface area contributed by atoms with Gasteiger partial charge in [-0.05, 0) is 12.8 Å². The summed E-state index contributed by atoms with van der Waals surface area (Å²) in [6, 6.07) is 1.88. The summed E-state index contributed by atoms with van der Waals surface area (Å²) in [6.45, 7) is 0.883. The third-order valence-electron chi connectivity index (χ3n) is 3.31. The fraction of sp³-hybridized carbons (Fsp3) is 0.769. The van der Waals surface area contributed by atoms with Crippen molar-refractivity contribution in [2.75, 3.05) is 18.5 Å². The summed E-state index contributed by atoms with van der Waals surface area (Å²) in [7, 11) is 1.87. The molecule has 0 amide bonds. The largest absolute Gasteiger partial charge is 0.389 e. The number of aromatic nitrogens is 2. The molecule has 0 aliphatic heterocycles. The van der Waals surface area contributed by atoms with Gasteiger partial charge in [0.25, 0.3) is 0 Å². The van der Waals surface area contributed by atoms with Crippen LogP contribution in [0.15, 0.2) is 12.3 Å². The first-order valence-corrected chi connectivity index (χ1v) is 6.77. The van der Waals surface area contributed by atoms with E-state index in [1.165, 1.54) is 19.3 Å². The predicted octanol–water partition coefficient (Wildman–Crippen LogP) is 1.54. The summed E-state index contributed by atoms with van der Waals surface area (Å²) in [6.07, 6.45) is 7.86. The van der Waals surface area contributed by atoms with E-state index in [4.69, 9.17) is 4.74 Å². The number of rotatable bonds is 6. The van der Waals surface area contributed by atoms with Crippen LogP contribution < -0.4 is 5.32 Å². The Morgan fingerprint density at radius 2 is 2.28 bits per heavy atom. The van der Waals surface area contributed by atoms with Crippen molar-refractivity contribution in [3.63, 3.8) is 0 Å². The van der Waals surface area contributed by atoms with Crippen LogP contribution in [-0.4, -0.2) is 40.2 Å². The Kier molecular flexibility index (Phi) is 5.01. The van der Waals surface area contributed by atoms with E-state index < -0.39 is 6.10 Å². The lowest BCUT2D eigenvalue weighted by Crippen LogP contribution is -2.28. The lowest BCUT2D eigenvalue weighted by molar-refractivity contribution is -0.0195. The molecule has 0 saturated heterocycles. The number of aliphatic hydroxyl groups is 1. The fourth-order valence-electron chi connectivity index (χ4n) is 2.27. The highest BCUT2D eigenvalue weighted by molar-refractivity contribution is 5.31. The van der Waals surface area contributed by atoms with Gasteiger partial charge >= 0.3 is 0 Å². The number of nitrogens with zero attached hydrogens (tertiary/aromatic N) is 2. The number of nitrogens with one attached hydrogen (secondary N) is 1. The van der Waals surface area contributed by atoms with Crippen LogP contribution in [-0.2, 0) is 11.8 Å². The van der Waals surface area contributed by atoms with Crippen LogP contribution in [0.3, 0.4) is 0 Å². The molecule has 2 N–H and O–H groups in total. The smallest absolute Gasteiger partial charge is 0.148 e. The maximum Gasteiger partial charge on any atom is 0.148 e. The van der Waals surface area contributed by atoms with Crippen molar-refractivity contribution in [1.29, 1.82) is 0 Å². The van der Waals surface area contributed by atoms with E-state index in [2.05, 4.69) is 10.4 Å². The Bertz CT molecular complexity index is 348. The molecular weight excluding hydrogens is 230 g/mol. The molecule has 2 rings (SSSR count). The number of hydrogen-bond donors (Lipinski definition) is 2.